The molecule has 3 aromatic carbocycles. The molecule has 2 N–H and O–H groups in total. The van der Waals surface area contributed by atoms with E-state index in [1.165, 1.54) is 12.1 Å². The number of thiocarbonyl (C=S) groups is 1. The lowest BCUT2D eigenvalue weighted by molar-refractivity contribution is -0.384. The highest BCUT2D eigenvalue weighted by Crippen LogP contribution is 2.36. The van der Waals surface area contributed by atoms with Crippen LogP contribution in [0, 0.1) is 10.1 Å². The van der Waals surface area contributed by atoms with E-state index in [-0.39, 0.29) is 11.2 Å². The van der Waals surface area contributed by atoms with Crippen LogP contribution in [0.3, 0.4) is 0 Å². The lowest BCUT2D eigenvalue weighted by Gasteiger charge is -2.31. The summed E-state index contributed by atoms with van der Waals surface area (Å²) in [6, 6.07) is 22.7. The van der Waals surface area contributed by atoms with E-state index in [9.17, 15) is 14.9 Å². The molecular weight excluding hydrogens is 412 g/mol. The Balaban J connectivity index is 1.81. The van der Waals surface area contributed by atoms with Crippen LogP contribution in [0.1, 0.15) is 17.2 Å². The molecule has 1 unspecified atom stereocenters. The van der Waals surface area contributed by atoms with Gasteiger partial charge >= 0.3 is 0 Å². The van der Waals surface area contributed by atoms with E-state index < -0.39 is 11.0 Å². The van der Waals surface area contributed by atoms with E-state index in [2.05, 4.69) is 10.6 Å². The van der Waals surface area contributed by atoms with E-state index in [0.29, 0.717) is 21.9 Å². The second-order valence-electron chi connectivity index (χ2n) is 7.16. The number of hydrogen-bond donors (Lipinski definition) is 2. The van der Waals surface area contributed by atoms with Gasteiger partial charge in [0.15, 0.2) is 5.11 Å². The fourth-order valence-electron chi connectivity index (χ4n) is 3.99. The first-order chi connectivity index (χ1) is 15.0. The molecule has 8 heteroatoms. The molecule has 152 valence electrons. The minimum atomic E-state index is -0.545. The number of non-ortho nitro benzene ring substituents is 1. The molecule has 0 aliphatic carbocycles. The molecule has 0 spiro atoms. The summed E-state index contributed by atoms with van der Waals surface area (Å²) in [6.45, 7) is 0. The third-order valence-electron chi connectivity index (χ3n) is 5.37. The molecule has 7 nitrogen and oxygen atoms in total. The number of pyridine rings is 1. The molecule has 31 heavy (non-hydrogen) atoms. The van der Waals surface area contributed by atoms with E-state index in [0.717, 1.165) is 16.6 Å². The van der Waals surface area contributed by atoms with Gasteiger partial charge in [0, 0.05) is 23.2 Å². The molecule has 1 aromatic heterocycles. The van der Waals surface area contributed by atoms with Gasteiger partial charge in [0.2, 0.25) is 0 Å². The topological polar surface area (TPSA) is 89.2 Å². The standard InChI is InChI=1S/C23H16N4O3S/c28-22-19-20(14-10-12-16(13-11-14)27(29)30)24-23(31)25-21(19)17-8-4-5-9-18(17)26(22)15-6-2-1-3-7-15/h1-13,20H,(H2,24,25,31). The second kappa shape index (κ2) is 7.33. The van der Waals surface area contributed by atoms with Crippen LogP contribution in [0.25, 0.3) is 16.6 Å². The van der Waals surface area contributed by atoms with Gasteiger partial charge in [0.1, 0.15) is 0 Å². The van der Waals surface area contributed by atoms with Gasteiger partial charge < -0.3 is 10.6 Å². The van der Waals surface area contributed by atoms with Crippen LogP contribution in [0.2, 0.25) is 0 Å². The van der Waals surface area contributed by atoms with Crippen molar-refractivity contribution in [2.75, 3.05) is 5.32 Å². The maximum atomic E-state index is 13.8. The molecular formula is C23H16N4O3S. The lowest BCUT2D eigenvalue weighted by Crippen LogP contribution is -2.42. The number of rotatable bonds is 3. The number of anilines is 1. The number of hydrogen-bond acceptors (Lipinski definition) is 4. The number of nitrogens with zero attached hydrogens (tertiary/aromatic N) is 2. The Morgan fingerprint density at radius 2 is 1.61 bits per heavy atom. The van der Waals surface area contributed by atoms with Crippen molar-refractivity contribution in [2.45, 2.75) is 6.04 Å². The number of benzene rings is 3. The molecule has 1 aliphatic rings. The third kappa shape index (κ3) is 3.13. The van der Waals surface area contributed by atoms with Crippen molar-refractivity contribution >= 4 is 39.6 Å². The van der Waals surface area contributed by atoms with Crippen LogP contribution in [0.5, 0.6) is 0 Å². The predicted octanol–water partition coefficient (Wildman–Crippen LogP) is 4.29. The van der Waals surface area contributed by atoms with Crippen LogP contribution in [-0.2, 0) is 0 Å². The van der Waals surface area contributed by atoms with Crippen molar-refractivity contribution in [3.05, 3.63) is 110 Å². The van der Waals surface area contributed by atoms with Crippen molar-refractivity contribution in [1.82, 2.24) is 9.88 Å². The molecule has 1 atom stereocenters. The summed E-state index contributed by atoms with van der Waals surface area (Å²) in [7, 11) is 0. The Morgan fingerprint density at radius 1 is 0.935 bits per heavy atom. The van der Waals surface area contributed by atoms with Crippen LogP contribution < -0.4 is 16.2 Å². The average Bonchev–Trinajstić information content (AvgIpc) is 2.79. The van der Waals surface area contributed by atoms with Crippen LogP contribution in [0.15, 0.2) is 83.7 Å². The first-order valence-electron chi connectivity index (χ1n) is 9.59. The molecule has 0 saturated carbocycles. The van der Waals surface area contributed by atoms with E-state index in [4.69, 9.17) is 12.2 Å². The number of nitrogens with one attached hydrogen (secondary N) is 2. The molecule has 0 fully saturated rings. The van der Waals surface area contributed by atoms with Crippen molar-refractivity contribution in [3.63, 3.8) is 0 Å². The van der Waals surface area contributed by atoms with E-state index >= 15 is 0 Å². The molecule has 1 aliphatic heterocycles. The molecule has 2 heterocycles. The third-order valence-corrected chi connectivity index (χ3v) is 5.59. The highest BCUT2D eigenvalue weighted by Gasteiger charge is 2.30. The smallest absolute Gasteiger partial charge is 0.269 e. The summed E-state index contributed by atoms with van der Waals surface area (Å²) in [5, 5.41) is 18.6. The van der Waals surface area contributed by atoms with Crippen LogP contribution in [-0.4, -0.2) is 14.6 Å². The van der Waals surface area contributed by atoms with Gasteiger partial charge in [-0.1, -0.05) is 36.4 Å². The summed E-state index contributed by atoms with van der Waals surface area (Å²) in [4.78, 5) is 24.4. The van der Waals surface area contributed by atoms with Crippen molar-refractivity contribution in [3.8, 4) is 5.69 Å². The summed E-state index contributed by atoms with van der Waals surface area (Å²) in [6.07, 6.45) is 0. The molecule has 0 amide bonds. The highest BCUT2D eigenvalue weighted by molar-refractivity contribution is 7.80. The Morgan fingerprint density at radius 3 is 2.32 bits per heavy atom. The number of para-hydroxylation sites is 2. The largest absolute Gasteiger partial charge is 0.351 e. The lowest BCUT2D eigenvalue weighted by atomic mass is 9.94. The van der Waals surface area contributed by atoms with E-state index in [1.54, 1.807) is 16.7 Å². The quantitative estimate of drug-likeness (QED) is 0.288. The molecule has 4 aromatic rings. The van der Waals surface area contributed by atoms with Crippen LogP contribution >= 0.6 is 12.2 Å². The Bertz CT molecular complexity index is 1400. The average molecular weight is 428 g/mol. The Kier molecular flexibility index (Phi) is 4.48. The summed E-state index contributed by atoms with van der Waals surface area (Å²) < 4.78 is 1.68. The fourth-order valence-corrected chi connectivity index (χ4v) is 4.21. The van der Waals surface area contributed by atoms with Gasteiger partial charge in [-0.05, 0) is 48.1 Å². The zero-order valence-corrected chi connectivity index (χ0v) is 16.9. The maximum absolute atomic E-state index is 13.8. The maximum Gasteiger partial charge on any atom is 0.269 e. The molecule has 5 rings (SSSR count). The SMILES string of the molecule is O=c1c2c(c3ccccc3n1-c1ccccc1)NC(=S)NC2c1ccc([N+](=O)[O-])cc1. The first kappa shape index (κ1) is 19.0. The second-order valence-corrected chi connectivity index (χ2v) is 7.57. The van der Waals surface area contributed by atoms with Gasteiger partial charge in [0.25, 0.3) is 11.2 Å². The van der Waals surface area contributed by atoms with E-state index in [1.807, 2.05) is 54.6 Å². The zero-order chi connectivity index (χ0) is 21.5. The van der Waals surface area contributed by atoms with Crippen molar-refractivity contribution in [2.24, 2.45) is 0 Å². The monoisotopic (exact) mass is 428 g/mol. The predicted molar refractivity (Wildman–Crippen MR) is 124 cm³/mol. The van der Waals surface area contributed by atoms with Crippen LogP contribution in [0.4, 0.5) is 11.4 Å². The molecule has 0 bridgehead atoms. The highest BCUT2D eigenvalue weighted by atomic mass is 32.1. The van der Waals surface area contributed by atoms with Gasteiger partial charge in [-0.15, -0.1) is 0 Å². The molecule has 0 radical (unpaired) electrons. The van der Waals surface area contributed by atoms with Gasteiger partial charge in [-0.2, -0.15) is 0 Å². The summed E-state index contributed by atoms with van der Waals surface area (Å²) >= 11 is 5.42. The number of aromatic nitrogens is 1. The Labute approximate surface area is 182 Å². The summed E-state index contributed by atoms with van der Waals surface area (Å²) in [5.74, 6) is 0. The Hall–Kier alpha value is -4.04. The zero-order valence-electron chi connectivity index (χ0n) is 16.1. The first-order valence-corrected chi connectivity index (χ1v) is 10.0. The van der Waals surface area contributed by atoms with Gasteiger partial charge in [-0.3, -0.25) is 19.5 Å². The number of nitro groups is 1. The number of nitro benzene ring substituents is 1. The van der Waals surface area contributed by atoms with Gasteiger partial charge in [0.05, 0.1) is 27.7 Å². The normalized spacial score (nSPS) is 15.1. The fraction of sp³-hybridized carbons (Fsp3) is 0.0435. The van der Waals surface area contributed by atoms with Crippen molar-refractivity contribution < 1.29 is 4.92 Å². The minimum absolute atomic E-state index is 0.0132. The van der Waals surface area contributed by atoms with Crippen molar-refractivity contribution in [1.29, 1.82) is 0 Å². The summed E-state index contributed by atoms with van der Waals surface area (Å²) in [5.41, 5.74) is 3.18. The minimum Gasteiger partial charge on any atom is -0.351 e. The van der Waals surface area contributed by atoms with Gasteiger partial charge in [-0.25, -0.2) is 0 Å². The number of fused-ring (bicyclic) bond motifs is 3. The molecule has 0 saturated heterocycles.